The van der Waals surface area contributed by atoms with E-state index in [4.69, 9.17) is 15.5 Å². The number of fused-ring (bicyclic) bond motifs is 3. The van der Waals surface area contributed by atoms with Crippen LogP contribution in [0.25, 0.3) is 21.9 Å². The number of ether oxygens (including phenoxy) is 1. The number of nitrogens with one attached hydrogen (secondary N) is 2. The summed E-state index contributed by atoms with van der Waals surface area (Å²) in [6.07, 6.45) is 6.83. The van der Waals surface area contributed by atoms with Crippen LogP contribution in [0.1, 0.15) is 12.8 Å². The molecule has 1 aliphatic carbocycles. The zero-order chi connectivity index (χ0) is 20.3. The number of nitrogens with two attached hydrogens (primary N) is 1. The fourth-order valence-corrected chi connectivity index (χ4v) is 4.63. The predicted octanol–water partition coefficient (Wildman–Crippen LogP) is 2.66. The van der Waals surface area contributed by atoms with Gasteiger partial charge >= 0.3 is 6.01 Å². The second-order valence-electron chi connectivity index (χ2n) is 8.18. The topological polar surface area (TPSA) is 118 Å². The second-order valence-corrected chi connectivity index (χ2v) is 8.18. The molecule has 6 rings (SSSR count). The van der Waals surface area contributed by atoms with Gasteiger partial charge in [0, 0.05) is 37.0 Å². The molecule has 2 aliphatic rings. The van der Waals surface area contributed by atoms with E-state index >= 15 is 0 Å². The minimum atomic E-state index is 0.230. The summed E-state index contributed by atoms with van der Waals surface area (Å²) in [5, 5.41) is 5.34. The number of aromatic amines is 1. The molecule has 1 spiro atoms. The van der Waals surface area contributed by atoms with Crippen molar-refractivity contribution < 1.29 is 4.74 Å². The largest absolute Gasteiger partial charge is 0.421 e. The molecular formula is C21H22N8O. The lowest BCUT2D eigenvalue weighted by molar-refractivity contribution is 0.439. The molecule has 9 nitrogen and oxygen atoms in total. The van der Waals surface area contributed by atoms with Gasteiger partial charge in [-0.2, -0.15) is 9.97 Å². The minimum absolute atomic E-state index is 0.230. The van der Waals surface area contributed by atoms with Crippen molar-refractivity contribution in [3.05, 3.63) is 36.9 Å². The molecule has 9 heteroatoms. The highest BCUT2D eigenvalue weighted by molar-refractivity contribution is 6.14. The first-order chi connectivity index (χ1) is 14.7. The molecule has 0 radical (unpaired) electrons. The third-order valence-electron chi connectivity index (χ3n) is 6.40. The van der Waals surface area contributed by atoms with E-state index in [0.29, 0.717) is 5.75 Å². The van der Waals surface area contributed by atoms with Crippen LogP contribution in [0, 0.1) is 5.41 Å². The monoisotopic (exact) mass is 402 g/mol. The number of aromatic nitrogens is 5. The molecular weight excluding hydrogens is 380 g/mol. The Morgan fingerprint density at radius 2 is 2.10 bits per heavy atom. The molecule has 2 atom stereocenters. The summed E-state index contributed by atoms with van der Waals surface area (Å²) in [5.74, 6) is 1.37. The summed E-state index contributed by atoms with van der Waals surface area (Å²) in [5.41, 5.74) is 9.23. The first kappa shape index (κ1) is 17.4. The van der Waals surface area contributed by atoms with E-state index in [-0.39, 0.29) is 17.5 Å². The first-order valence-corrected chi connectivity index (χ1v) is 10.1. The van der Waals surface area contributed by atoms with Crippen molar-refractivity contribution in [2.45, 2.75) is 18.9 Å². The fraction of sp³-hybridized carbons (Fsp3) is 0.333. The average Bonchev–Trinajstić information content (AvgIpc) is 3.08. The molecule has 0 bridgehead atoms. The van der Waals surface area contributed by atoms with E-state index in [2.05, 4.69) is 36.2 Å². The Kier molecular flexibility index (Phi) is 3.64. The van der Waals surface area contributed by atoms with Crippen LogP contribution >= 0.6 is 0 Å². The third-order valence-corrected chi connectivity index (χ3v) is 6.40. The number of anilines is 2. The van der Waals surface area contributed by atoms with Crippen molar-refractivity contribution in [2.75, 3.05) is 30.4 Å². The Bertz CT molecular complexity index is 1260. The van der Waals surface area contributed by atoms with Gasteiger partial charge in [0.15, 0.2) is 5.75 Å². The maximum atomic E-state index is 6.24. The molecule has 30 heavy (non-hydrogen) atoms. The SMILES string of the molecule is CNc1cccc2c1[nH]c1nc(Oc3cncnc3)nc(N3CCC4(CC4N)C3)c12. The lowest BCUT2D eigenvalue weighted by Crippen LogP contribution is -2.24. The highest BCUT2D eigenvalue weighted by Crippen LogP contribution is 2.53. The summed E-state index contributed by atoms with van der Waals surface area (Å²) in [6, 6.07) is 6.74. The van der Waals surface area contributed by atoms with Crippen molar-refractivity contribution in [1.82, 2.24) is 24.9 Å². The third kappa shape index (κ3) is 2.58. The molecule has 2 fully saturated rings. The Morgan fingerprint density at radius 1 is 1.27 bits per heavy atom. The molecule has 0 amide bonds. The van der Waals surface area contributed by atoms with Gasteiger partial charge in [-0.3, -0.25) is 0 Å². The maximum absolute atomic E-state index is 6.24. The lowest BCUT2D eigenvalue weighted by atomic mass is 10.1. The van der Waals surface area contributed by atoms with Gasteiger partial charge in [-0.1, -0.05) is 12.1 Å². The Morgan fingerprint density at radius 3 is 2.83 bits per heavy atom. The number of hydrogen-bond acceptors (Lipinski definition) is 8. The van der Waals surface area contributed by atoms with E-state index in [1.807, 2.05) is 19.2 Å². The standard InChI is InChI=1S/C21H22N8O/c1-23-14-4-2-3-13-16-18(26-17(13)14)27-20(30-12-8-24-11-25-9-12)28-19(16)29-6-5-21(10-29)7-15(21)22/h2-4,8-9,11,15,23H,5-7,10,22H2,1H3,(H,26,27,28). The Hall–Kier alpha value is -3.46. The van der Waals surface area contributed by atoms with Crippen LogP contribution < -0.4 is 20.7 Å². The second kappa shape index (κ2) is 6.27. The molecule has 4 aromatic rings. The van der Waals surface area contributed by atoms with Gasteiger partial charge in [0.1, 0.15) is 17.8 Å². The normalized spacial score (nSPS) is 22.9. The summed E-state index contributed by atoms with van der Waals surface area (Å²) in [4.78, 5) is 23.3. The van der Waals surface area contributed by atoms with E-state index in [1.54, 1.807) is 12.4 Å². The van der Waals surface area contributed by atoms with Crippen LogP contribution in [-0.2, 0) is 0 Å². The first-order valence-electron chi connectivity index (χ1n) is 10.1. The fourth-order valence-electron chi connectivity index (χ4n) is 4.63. The zero-order valence-corrected chi connectivity index (χ0v) is 16.6. The summed E-state index contributed by atoms with van der Waals surface area (Å²) < 4.78 is 5.89. The molecule has 1 saturated carbocycles. The van der Waals surface area contributed by atoms with Crippen molar-refractivity contribution in [1.29, 1.82) is 0 Å². The molecule has 1 aromatic carbocycles. The van der Waals surface area contributed by atoms with Crippen LogP contribution in [0.4, 0.5) is 11.5 Å². The predicted molar refractivity (Wildman–Crippen MR) is 115 cm³/mol. The highest BCUT2D eigenvalue weighted by Gasteiger charge is 2.55. The van der Waals surface area contributed by atoms with Gasteiger partial charge < -0.3 is 25.7 Å². The molecule has 1 aliphatic heterocycles. The number of nitrogens with zero attached hydrogens (tertiary/aromatic N) is 5. The van der Waals surface area contributed by atoms with E-state index in [9.17, 15) is 0 Å². The van der Waals surface area contributed by atoms with Gasteiger partial charge in [-0.15, -0.1) is 0 Å². The highest BCUT2D eigenvalue weighted by atomic mass is 16.5. The van der Waals surface area contributed by atoms with Gasteiger partial charge in [0.05, 0.1) is 29.0 Å². The van der Waals surface area contributed by atoms with Crippen LogP contribution in [0.2, 0.25) is 0 Å². The van der Waals surface area contributed by atoms with Crippen molar-refractivity contribution in [3.8, 4) is 11.8 Å². The maximum Gasteiger partial charge on any atom is 0.326 e. The van der Waals surface area contributed by atoms with Gasteiger partial charge in [0.25, 0.3) is 0 Å². The number of rotatable bonds is 4. The summed E-state index contributed by atoms with van der Waals surface area (Å²) in [7, 11) is 1.91. The van der Waals surface area contributed by atoms with Crippen LogP contribution in [-0.4, -0.2) is 51.1 Å². The lowest BCUT2D eigenvalue weighted by Gasteiger charge is -2.19. The van der Waals surface area contributed by atoms with Crippen LogP contribution in [0.3, 0.4) is 0 Å². The Balaban J connectivity index is 1.53. The number of hydrogen-bond donors (Lipinski definition) is 3. The quantitative estimate of drug-likeness (QED) is 0.477. The molecule has 1 saturated heterocycles. The van der Waals surface area contributed by atoms with Gasteiger partial charge in [-0.25, -0.2) is 9.97 Å². The molecule has 3 aromatic heterocycles. The van der Waals surface area contributed by atoms with Crippen molar-refractivity contribution >= 4 is 33.4 Å². The van der Waals surface area contributed by atoms with E-state index in [0.717, 1.165) is 59.4 Å². The van der Waals surface area contributed by atoms with Gasteiger partial charge in [0.2, 0.25) is 0 Å². The van der Waals surface area contributed by atoms with E-state index < -0.39 is 0 Å². The minimum Gasteiger partial charge on any atom is -0.421 e. The molecule has 2 unspecified atom stereocenters. The Labute approximate surface area is 172 Å². The average molecular weight is 402 g/mol. The van der Waals surface area contributed by atoms with Crippen LogP contribution in [0.5, 0.6) is 11.8 Å². The van der Waals surface area contributed by atoms with E-state index in [1.165, 1.54) is 6.33 Å². The van der Waals surface area contributed by atoms with Crippen molar-refractivity contribution in [2.24, 2.45) is 11.1 Å². The summed E-state index contributed by atoms with van der Waals surface area (Å²) >= 11 is 0. The molecule has 4 N–H and O–H groups in total. The zero-order valence-electron chi connectivity index (χ0n) is 16.6. The number of benzene rings is 1. The number of H-pyrrole nitrogens is 1. The van der Waals surface area contributed by atoms with Gasteiger partial charge in [-0.05, 0) is 18.9 Å². The van der Waals surface area contributed by atoms with Crippen molar-refractivity contribution in [3.63, 3.8) is 0 Å². The summed E-state index contributed by atoms with van der Waals surface area (Å²) in [6.45, 7) is 1.83. The van der Waals surface area contributed by atoms with Crippen LogP contribution in [0.15, 0.2) is 36.9 Å². The number of para-hydroxylation sites is 1. The molecule has 4 heterocycles. The smallest absolute Gasteiger partial charge is 0.326 e. The molecule has 152 valence electrons.